The number of carbonyl (C=O) groups is 1. The predicted molar refractivity (Wildman–Crippen MR) is 141 cm³/mol. The number of unbranched alkanes of at least 4 members (excludes halogenated alkanes) is 1. The van der Waals surface area contributed by atoms with E-state index in [2.05, 4.69) is 67.8 Å². The first kappa shape index (κ1) is 23.2. The number of hydrogen-bond donors (Lipinski definition) is 0. The lowest BCUT2D eigenvalue weighted by molar-refractivity contribution is -0.117. The van der Waals surface area contributed by atoms with Crippen LogP contribution in [-0.4, -0.2) is 28.6 Å². The molecule has 1 saturated heterocycles. The first-order valence-electron chi connectivity index (χ1n) is 12.5. The van der Waals surface area contributed by atoms with Gasteiger partial charge in [-0.2, -0.15) is 0 Å². The van der Waals surface area contributed by atoms with E-state index in [0.717, 1.165) is 58.8 Å². The summed E-state index contributed by atoms with van der Waals surface area (Å²) in [6, 6.07) is 22.7. The monoisotopic (exact) mass is 467 g/mol. The molecule has 0 bridgehead atoms. The van der Waals surface area contributed by atoms with Gasteiger partial charge >= 0.3 is 0 Å². The number of ether oxygens (including phenoxy) is 1. The van der Waals surface area contributed by atoms with Crippen molar-refractivity contribution in [2.45, 2.75) is 52.5 Å². The van der Waals surface area contributed by atoms with Gasteiger partial charge in [-0.1, -0.05) is 48.0 Å². The number of para-hydroxylation sites is 3. The minimum atomic E-state index is 0.0822. The van der Waals surface area contributed by atoms with Crippen molar-refractivity contribution in [3.8, 4) is 5.75 Å². The molecule has 1 aliphatic rings. The molecule has 1 atom stereocenters. The molecule has 0 spiro atoms. The van der Waals surface area contributed by atoms with E-state index in [0.29, 0.717) is 19.6 Å². The van der Waals surface area contributed by atoms with E-state index in [1.54, 1.807) is 0 Å². The Balaban J connectivity index is 1.31. The lowest BCUT2D eigenvalue weighted by Crippen LogP contribution is -2.25. The van der Waals surface area contributed by atoms with Gasteiger partial charge in [0.1, 0.15) is 11.6 Å². The molecule has 5 nitrogen and oxygen atoms in total. The summed E-state index contributed by atoms with van der Waals surface area (Å²) in [6.07, 6.45) is 2.44. The molecular weight excluding hydrogens is 434 g/mol. The van der Waals surface area contributed by atoms with Crippen molar-refractivity contribution < 1.29 is 9.53 Å². The van der Waals surface area contributed by atoms with E-state index in [1.807, 2.05) is 29.2 Å². The van der Waals surface area contributed by atoms with Crippen LogP contribution in [0.2, 0.25) is 0 Å². The topological polar surface area (TPSA) is 47.4 Å². The standard InChI is InChI=1S/C30H33N3O2/c1-21-14-15-26(23(3)18-21)33-20-24(19-29(33)34)30-31-25-11-5-6-12-27(25)32(30)16-8-9-17-35-28-13-7-4-10-22(28)2/h4-7,10-15,18,24H,8-9,16-17,19-20H2,1-3H3/t24-/m1/s1. The fourth-order valence-corrected chi connectivity index (χ4v) is 5.13. The van der Waals surface area contributed by atoms with Gasteiger partial charge in [0.05, 0.1) is 17.6 Å². The van der Waals surface area contributed by atoms with Crippen molar-refractivity contribution in [3.63, 3.8) is 0 Å². The molecule has 5 rings (SSSR count). The van der Waals surface area contributed by atoms with Crippen molar-refractivity contribution in [2.24, 2.45) is 0 Å². The minimum Gasteiger partial charge on any atom is -0.493 e. The van der Waals surface area contributed by atoms with Crippen LogP contribution in [-0.2, 0) is 11.3 Å². The van der Waals surface area contributed by atoms with Crippen LogP contribution in [0.1, 0.15) is 47.7 Å². The summed E-state index contributed by atoms with van der Waals surface area (Å²) in [7, 11) is 0. The van der Waals surface area contributed by atoms with Crippen molar-refractivity contribution in [1.82, 2.24) is 9.55 Å². The largest absolute Gasteiger partial charge is 0.493 e. The normalized spacial score (nSPS) is 15.8. The number of carbonyl (C=O) groups excluding carboxylic acids is 1. The highest BCUT2D eigenvalue weighted by molar-refractivity contribution is 5.97. The quantitative estimate of drug-likeness (QED) is 0.284. The van der Waals surface area contributed by atoms with Gasteiger partial charge in [0.25, 0.3) is 0 Å². The first-order chi connectivity index (χ1) is 17.0. The Morgan fingerprint density at radius 1 is 0.943 bits per heavy atom. The molecule has 4 aromatic rings. The van der Waals surface area contributed by atoms with Crippen LogP contribution in [0.15, 0.2) is 66.7 Å². The number of fused-ring (bicyclic) bond motifs is 1. The molecule has 180 valence electrons. The number of anilines is 1. The molecule has 35 heavy (non-hydrogen) atoms. The second-order valence-corrected chi connectivity index (χ2v) is 9.63. The van der Waals surface area contributed by atoms with Crippen LogP contribution in [0.5, 0.6) is 5.75 Å². The first-order valence-corrected chi connectivity index (χ1v) is 12.5. The third-order valence-corrected chi connectivity index (χ3v) is 6.94. The molecule has 1 aromatic heterocycles. The summed E-state index contributed by atoms with van der Waals surface area (Å²) >= 11 is 0. The zero-order chi connectivity index (χ0) is 24.4. The zero-order valence-corrected chi connectivity index (χ0v) is 20.8. The average molecular weight is 468 g/mol. The van der Waals surface area contributed by atoms with Gasteiger partial charge in [-0.15, -0.1) is 0 Å². The van der Waals surface area contributed by atoms with Crippen molar-refractivity contribution in [1.29, 1.82) is 0 Å². The Hall–Kier alpha value is -3.60. The maximum absolute atomic E-state index is 13.1. The molecule has 3 aromatic carbocycles. The number of amides is 1. The average Bonchev–Trinajstić information content (AvgIpc) is 3.40. The van der Waals surface area contributed by atoms with Crippen LogP contribution >= 0.6 is 0 Å². The summed E-state index contributed by atoms with van der Waals surface area (Å²) in [5.74, 6) is 2.23. The number of imidazole rings is 1. The number of rotatable bonds is 8. The number of aromatic nitrogens is 2. The van der Waals surface area contributed by atoms with Crippen molar-refractivity contribution in [2.75, 3.05) is 18.1 Å². The molecule has 1 fully saturated rings. The Labute approximate surface area is 207 Å². The Morgan fingerprint density at radius 3 is 2.57 bits per heavy atom. The SMILES string of the molecule is Cc1ccc(N2C[C@H](c3nc4ccccc4n3CCCCOc3ccccc3C)CC2=O)c(C)c1. The number of hydrogen-bond acceptors (Lipinski definition) is 3. The molecule has 1 aliphatic heterocycles. The summed E-state index contributed by atoms with van der Waals surface area (Å²) in [4.78, 5) is 20.0. The predicted octanol–water partition coefficient (Wildman–Crippen LogP) is 6.34. The second kappa shape index (κ2) is 9.95. The van der Waals surface area contributed by atoms with Gasteiger partial charge in [0.2, 0.25) is 5.91 Å². The van der Waals surface area contributed by atoms with E-state index < -0.39 is 0 Å². The number of nitrogens with zero attached hydrogens (tertiary/aromatic N) is 3. The zero-order valence-electron chi connectivity index (χ0n) is 20.8. The number of aryl methyl sites for hydroxylation is 4. The maximum atomic E-state index is 13.1. The molecule has 0 radical (unpaired) electrons. The molecule has 2 heterocycles. The fourth-order valence-electron chi connectivity index (χ4n) is 5.13. The van der Waals surface area contributed by atoms with Gasteiger partial charge in [-0.05, 0) is 69.0 Å². The fraction of sp³-hybridized carbons (Fsp3) is 0.333. The van der Waals surface area contributed by atoms with Gasteiger partial charge in [-0.3, -0.25) is 4.79 Å². The van der Waals surface area contributed by atoms with E-state index in [-0.39, 0.29) is 11.8 Å². The molecular formula is C30H33N3O2. The lowest BCUT2D eigenvalue weighted by Gasteiger charge is -2.20. The molecule has 0 N–H and O–H groups in total. The third-order valence-electron chi connectivity index (χ3n) is 6.94. The van der Waals surface area contributed by atoms with E-state index in [9.17, 15) is 4.79 Å². The van der Waals surface area contributed by atoms with Crippen molar-refractivity contribution in [3.05, 3.63) is 89.2 Å². The van der Waals surface area contributed by atoms with Gasteiger partial charge in [-0.25, -0.2) is 4.98 Å². The van der Waals surface area contributed by atoms with Crippen LogP contribution < -0.4 is 9.64 Å². The Morgan fingerprint density at radius 2 is 1.74 bits per heavy atom. The minimum absolute atomic E-state index is 0.0822. The van der Waals surface area contributed by atoms with Crippen LogP contribution in [0.25, 0.3) is 11.0 Å². The van der Waals surface area contributed by atoms with E-state index in [1.165, 1.54) is 5.56 Å². The smallest absolute Gasteiger partial charge is 0.227 e. The van der Waals surface area contributed by atoms with E-state index >= 15 is 0 Å². The second-order valence-electron chi connectivity index (χ2n) is 9.63. The lowest BCUT2D eigenvalue weighted by atomic mass is 10.1. The molecule has 0 aliphatic carbocycles. The highest BCUT2D eigenvalue weighted by atomic mass is 16.5. The van der Waals surface area contributed by atoms with Crippen molar-refractivity contribution >= 4 is 22.6 Å². The summed E-state index contributed by atoms with van der Waals surface area (Å²) in [5.41, 5.74) is 6.66. The summed E-state index contributed by atoms with van der Waals surface area (Å²) < 4.78 is 8.32. The Bertz CT molecular complexity index is 1360. The van der Waals surface area contributed by atoms with Crippen LogP contribution in [0, 0.1) is 20.8 Å². The highest BCUT2D eigenvalue weighted by Crippen LogP contribution is 2.35. The molecule has 5 heteroatoms. The van der Waals surface area contributed by atoms with Gasteiger partial charge in [0.15, 0.2) is 0 Å². The third kappa shape index (κ3) is 4.81. The highest BCUT2D eigenvalue weighted by Gasteiger charge is 2.35. The Kier molecular flexibility index (Phi) is 6.58. The molecule has 1 amide bonds. The van der Waals surface area contributed by atoms with Gasteiger partial charge < -0.3 is 14.2 Å². The van der Waals surface area contributed by atoms with Crippen LogP contribution in [0.4, 0.5) is 5.69 Å². The van der Waals surface area contributed by atoms with E-state index in [4.69, 9.17) is 9.72 Å². The summed E-state index contributed by atoms with van der Waals surface area (Å²) in [5, 5.41) is 0. The molecule has 0 saturated carbocycles. The maximum Gasteiger partial charge on any atom is 0.227 e. The summed E-state index contributed by atoms with van der Waals surface area (Å²) in [6.45, 7) is 8.46. The van der Waals surface area contributed by atoms with Gasteiger partial charge in [0, 0.05) is 31.1 Å². The molecule has 0 unspecified atom stereocenters. The number of benzene rings is 3. The van der Waals surface area contributed by atoms with Crippen LogP contribution in [0.3, 0.4) is 0 Å².